The minimum absolute atomic E-state index is 0.400. The van der Waals surface area contributed by atoms with Gasteiger partial charge in [-0.05, 0) is 37.6 Å². The summed E-state index contributed by atoms with van der Waals surface area (Å²) in [6.45, 7) is 14.2. The van der Waals surface area contributed by atoms with E-state index < -0.39 is 0 Å². The van der Waals surface area contributed by atoms with Crippen molar-refractivity contribution in [3.05, 3.63) is 23.8 Å². The van der Waals surface area contributed by atoms with Crippen molar-refractivity contribution in [3.63, 3.8) is 0 Å². The maximum Gasteiger partial charge on any atom is 0.191 e. The van der Waals surface area contributed by atoms with Crippen molar-refractivity contribution in [1.82, 2.24) is 25.3 Å². The number of nitrogens with one attached hydrogen (secondary N) is 2. The van der Waals surface area contributed by atoms with E-state index in [0.717, 1.165) is 69.7 Å². The molecule has 2 heterocycles. The van der Waals surface area contributed by atoms with Gasteiger partial charge in [0.25, 0.3) is 0 Å². The Bertz CT molecular complexity index is 713. The summed E-state index contributed by atoms with van der Waals surface area (Å²) in [5, 5.41) is 7.17. The molecule has 2 N–H and O–H groups in total. The van der Waals surface area contributed by atoms with E-state index in [2.05, 4.69) is 56.3 Å². The molecule has 180 valence electrons. The SMILES string of the molecule is CCN1CCN(C(C)CNC(=NC)NC2CCN(Cc3cc(OC)cc(OC)c3)C2)CC1. The summed E-state index contributed by atoms with van der Waals surface area (Å²) in [7, 11) is 5.24. The largest absolute Gasteiger partial charge is 0.497 e. The van der Waals surface area contributed by atoms with Crippen LogP contribution in [0.3, 0.4) is 0 Å². The van der Waals surface area contributed by atoms with E-state index in [-0.39, 0.29) is 0 Å². The number of hydrogen-bond acceptors (Lipinski definition) is 6. The zero-order chi connectivity index (χ0) is 22.9. The molecule has 2 saturated heterocycles. The summed E-state index contributed by atoms with van der Waals surface area (Å²) in [6.07, 6.45) is 1.11. The first-order valence-corrected chi connectivity index (χ1v) is 11.9. The quantitative estimate of drug-likeness (QED) is 0.440. The second kappa shape index (κ2) is 12.3. The number of hydrogen-bond donors (Lipinski definition) is 2. The van der Waals surface area contributed by atoms with Gasteiger partial charge in [-0.15, -0.1) is 0 Å². The van der Waals surface area contributed by atoms with Gasteiger partial charge in [0, 0.05) is 77.6 Å². The van der Waals surface area contributed by atoms with Crippen LogP contribution in [-0.2, 0) is 6.54 Å². The molecule has 1 aromatic carbocycles. The Kier molecular flexibility index (Phi) is 9.44. The molecule has 2 atom stereocenters. The van der Waals surface area contributed by atoms with Crippen molar-refractivity contribution in [3.8, 4) is 11.5 Å². The van der Waals surface area contributed by atoms with Crippen molar-refractivity contribution in [2.45, 2.75) is 38.9 Å². The van der Waals surface area contributed by atoms with Crippen LogP contribution in [0.4, 0.5) is 0 Å². The normalized spacial score (nSPS) is 22.0. The number of aliphatic imine (C=N–C) groups is 1. The first-order valence-electron chi connectivity index (χ1n) is 11.9. The lowest BCUT2D eigenvalue weighted by molar-refractivity contribution is 0.107. The molecule has 3 rings (SSSR count). The van der Waals surface area contributed by atoms with Gasteiger partial charge in [0.2, 0.25) is 0 Å². The van der Waals surface area contributed by atoms with Crippen molar-refractivity contribution in [2.24, 2.45) is 4.99 Å². The Balaban J connectivity index is 1.43. The molecular formula is C24H42N6O2. The zero-order valence-electron chi connectivity index (χ0n) is 20.6. The smallest absolute Gasteiger partial charge is 0.191 e. The van der Waals surface area contributed by atoms with Crippen LogP contribution in [-0.4, -0.2) is 106 Å². The fourth-order valence-corrected chi connectivity index (χ4v) is 4.59. The highest BCUT2D eigenvalue weighted by Gasteiger charge is 2.24. The summed E-state index contributed by atoms with van der Waals surface area (Å²) in [6, 6.07) is 6.99. The number of rotatable bonds is 9. The minimum atomic E-state index is 0.400. The van der Waals surface area contributed by atoms with Gasteiger partial charge in [-0.2, -0.15) is 0 Å². The third-order valence-corrected chi connectivity index (χ3v) is 6.70. The average molecular weight is 447 g/mol. The Labute approximate surface area is 193 Å². The van der Waals surface area contributed by atoms with Gasteiger partial charge in [0.15, 0.2) is 5.96 Å². The topological polar surface area (TPSA) is 64.6 Å². The van der Waals surface area contributed by atoms with Gasteiger partial charge in [0.05, 0.1) is 14.2 Å². The van der Waals surface area contributed by atoms with Crippen LogP contribution in [0.5, 0.6) is 11.5 Å². The number of guanidine groups is 1. The van der Waals surface area contributed by atoms with Crippen LogP contribution in [0, 0.1) is 0 Å². The van der Waals surface area contributed by atoms with Gasteiger partial charge in [-0.25, -0.2) is 0 Å². The Morgan fingerprint density at radius 1 is 1.06 bits per heavy atom. The minimum Gasteiger partial charge on any atom is -0.497 e. The fraction of sp³-hybridized carbons (Fsp3) is 0.708. The summed E-state index contributed by atoms with van der Waals surface area (Å²) in [5.41, 5.74) is 1.21. The molecule has 2 aliphatic rings. The van der Waals surface area contributed by atoms with Crippen molar-refractivity contribution >= 4 is 5.96 Å². The lowest BCUT2D eigenvalue weighted by Gasteiger charge is -2.37. The molecule has 0 aromatic heterocycles. The van der Waals surface area contributed by atoms with E-state index in [1.165, 1.54) is 18.7 Å². The van der Waals surface area contributed by atoms with Gasteiger partial charge < -0.3 is 25.0 Å². The van der Waals surface area contributed by atoms with Crippen LogP contribution < -0.4 is 20.1 Å². The summed E-state index contributed by atoms with van der Waals surface area (Å²) >= 11 is 0. The predicted octanol–water partition coefficient (Wildman–Crippen LogP) is 1.47. The molecule has 0 radical (unpaired) electrons. The zero-order valence-corrected chi connectivity index (χ0v) is 20.6. The molecule has 0 saturated carbocycles. The van der Waals surface area contributed by atoms with Crippen LogP contribution >= 0.6 is 0 Å². The van der Waals surface area contributed by atoms with E-state index in [1.807, 2.05) is 13.1 Å². The Hall–Kier alpha value is -2.03. The molecule has 8 nitrogen and oxygen atoms in total. The molecule has 0 bridgehead atoms. The summed E-state index contributed by atoms with van der Waals surface area (Å²) in [4.78, 5) is 12.0. The monoisotopic (exact) mass is 446 g/mol. The van der Waals surface area contributed by atoms with Gasteiger partial charge in [-0.3, -0.25) is 14.8 Å². The number of likely N-dealkylation sites (tertiary alicyclic amines) is 1. The highest BCUT2D eigenvalue weighted by atomic mass is 16.5. The lowest BCUT2D eigenvalue weighted by Crippen LogP contribution is -2.53. The average Bonchev–Trinajstić information content (AvgIpc) is 3.27. The predicted molar refractivity (Wildman–Crippen MR) is 131 cm³/mol. The molecule has 0 spiro atoms. The second-order valence-electron chi connectivity index (χ2n) is 8.86. The Morgan fingerprint density at radius 2 is 1.75 bits per heavy atom. The van der Waals surface area contributed by atoms with Gasteiger partial charge in [-0.1, -0.05) is 6.92 Å². The first-order chi connectivity index (χ1) is 15.5. The van der Waals surface area contributed by atoms with E-state index in [9.17, 15) is 0 Å². The van der Waals surface area contributed by atoms with E-state index in [0.29, 0.717) is 12.1 Å². The van der Waals surface area contributed by atoms with Crippen molar-refractivity contribution < 1.29 is 9.47 Å². The first kappa shape index (κ1) is 24.6. The number of benzene rings is 1. The summed E-state index contributed by atoms with van der Waals surface area (Å²) < 4.78 is 10.8. The number of likely N-dealkylation sites (N-methyl/N-ethyl adjacent to an activating group) is 1. The van der Waals surface area contributed by atoms with E-state index in [4.69, 9.17) is 9.47 Å². The van der Waals surface area contributed by atoms with Gasteiger partial charge >= 0.3 is 0 Å². The van der Waals surface area contributed by atoms with Crippen LogP contribution in [0.2, 0.25) is 0 Å². The van der Waals surface area contributed by atoms with E-state index >= 15 is 0 Å². The molecule has 2 aliphatic heterocycles. The van der Waals surface area contributed by atoms with Crippen LogP contribution in [0.25, 0.3) is 0 Å². The standard InChI is InChI=1S/C24H42N6O2/c1-6-28-9-11-30(12-10-28)19(2)16-26-24(25-3)27-21-7-8-29(18-21)17-20-13-22(31-4)15-23(14-20)32-5/h13-15,19,21H,6-12,16-18H2,1-5H3,(H2,25,26,27). The maximum atomic E-state index is 5.41. The third kappa shape index (κ3) is 6.98. The van der Waals surface area contributed by atoms with Crippen molar-refractivity contribution in [2.75, 3.05) is 73.6 Å². The number of methoxy groups -OCH3 is 2. The molecule has 2 fully saturated rings. The molecular weight excluding hydrogens is 404 g/mol. The number of ether oxygens (including phenoxy) is 2. The van der Waals surface area contributed by atoms with Crippen LogP contribution in [0.15, 0.2) is 23.2 Å². The maximum absolute atomic E-state index is 5.41. The number of nitrogens with zero attached hydrogens (tertiary/aromatic N) is 4. The molecule has 0 amide bonds. The molecule has 0 aliphatic carbocycles. The Morgan fingerprint density at radius 3 is 2.34 bits per heavy atom. The molecule has 8 heteroatoms. The molecule has 32 heavy (non-hydrogen) atoms. The highest BCUT2D eigenvalue weighted by molar-refractivity contribution is 5.80. The molecule has 2 unspecified atom stereocenters. The van der Waals surface area contributed by atoms with Crippen molar-refractivity contribution in [1.29, 1.82) is 0 Å². The van der Waals surface area contributed by atoms with Gasteiger partial charge in [0.1, 0.15) is 11.5 Å². The highest BCUT2D eigenvalue weighted by Crippen LogP contribution is 2.24. The number of piperazine rings is 1. The lowest BCUT2D eigenvalue weighted by atomic mass is 10.2. The third-order valence-electron chi connectivity index (χ3n) is 6.70. The second-order valence-corrected chi connectivity index (χ2v) is 8.86. The summed E-state index contributed by atoms with van der Waals surface area (Å²) in [5.74, 6) is 2.57. The fourth-order valence-electron chi connectivity index (χ4n) is 4.59. The molecule has 1 aromatic rings. The van der Waals surface area contributed by atoms with E-state index in [1.54, 1.807) is 14.2 Å². The van der Waals surface area contributed by atoms with Crippen LogP contribution in [0.1, 0.15) is 25.8 Å².